The Morgan fingerprint density at radius 2 is 2.00 bits per heavy atom. The molecule has 1 atom stereocenters. The van der Waals surface area contributed by atoms with Gasteiger partial charge in [-0.15, -0.1) is 11.8 Å². The molecule has 2 aromatic carbocycles. The number of hydrogen-bond donors (Lipinski definition) is 0. The number of carbonyl (C=O) groups excluding carboxylic acids is 1. The number of thioether (sulfide) groups is 1. The van der Waals surface area contributed by atoms with Gasteiger partial charge in [0.15, 0.2) is 5.78 Å². The molecule has 0 saturated carbocycles. The number of nitrogens with zero attached hydrogens (tertiary/aromatic N) is 1. The molecule has 1 aliphatic heterocycles. The maximum absolute atomic E-state index is 12.9. The second kappa shape index (κ2) is 5.01. The van der Waals surface area contributed by atoms with E-state index in [-0.39, 0.29) is 11.0 Å². The molecule has 2 heterocycles. The van der Waals surface area contributed by atoms with Gasteiger partial charge in [-0.25, -0.2) is 0 Å². The Hall–Kier alpha value is -2.13. The molecule has 0 amide bonds. The summed E-state index contributed by atoms with van der Waals surface area (Å²) in [5.74, 6) is 0.204. The van der Waals surface area contributed by atoms with Crippen molar-refractivity contribution in [2.75, 3.05) is 0 Å². The predicted molar refractivity (Wildman–Crippen MR) is 85.9 cm³/mol. The van der Waals surface area contributed by atoms with E-state index < -0.39 is 0 Å². The summed E-state index contributed by atoms with van der Waals surface area (Å²) in [6, 6.07) is 16.1. The molecule has 3 heteroatoms. The Labute approximate surface area is 127 Å². The Bertz CT molecular complexity index is 813. The van der Waals surface area contributed by atoms with Crippen LogP contribution in [0.1, 0.15) is 15.9 Å². The molecule has 3 aromatic rings. The summed E-state index contributed by atoms with van der Waals surface area (Å²) in [7, 11) is 0. The van der Waals surface area contributed by atoms with Crippen molar-refractivity contribution in [3.8, 4) is 0 Å². The standard InChI is InChI=1S/C18H13NOS/c20-18(17-10-13-4-1-2-7-16(13)21-17)14-6-3-5-12-8-9-19-11-15(12)14/h1-9,11,17H,10H2. The minimum atomic E-state index is -0.0202. The molecular weight excluding hydrogens is 278 g/mol. The second-order valence-corrected chi connectivity index (χ2v) is 6.43. The zero-order chi connectivity index (χ0) is 14.2. The number of Topliss-reactive ketones (excluding diaryl/α,β-unsaturated/α-hetero) is 1. The lowest BCUT2D eigenvalue weighted by Gasteiger charge is -2.10. The Kier molecular flexibility index (Phi) is 3.00. The van der Waals surface area contributed by atoms with E-state index in [4.69, 9.17) is 0 Å². The average molecular weight is 291 g/mol. The maximum Gasteiger partial charge on any atom is 0.177 e. The lowest BCUT2D eigenvalue weighted by Crippen LogP contribution is -2.16. The van der Waals surface area contributed by atoms with Gasteiger partial charge in [0, 0.05) is 28.2 Å². The van der Waals surface area contributed by atoms with Gasteiger partial charge in [-0.1, -0.05) is 36.4 Å². The van der Waals surface area contributed by atoms with Crippen LogP contribution in [0, 0.1) is 0 Å². The quantitative estimate of drug-likeness (QED) is 0.665. The highest BCUT2D eigenvalue weighted by molar-refractivity contribution is 8.01. The Morgan fingerprint density at radius 1 is 1.10 bits per heavy atom. The average Bonchev–Trinajstić information content (AvgIpc) is 2.97. The minimum absolute atomic E-state index is 0.0202. The van der Waals surface area contributed by atoms with Crippen LogP contribution in [0.5, 0.6) is 0 Å². The SMILES string of the molecule is O=C(c1cccc2ccncc12)C1Cc2ccccc2S1. The fourth-order valence-corrected chi connectivity index (χ4v) is 4.09. The van der Waals surface area contributed by atoms with Gasteiger partial charge >= 0.3 is 0 Å². The first kappa shape index (κ1) is 12.6. The largest absolute Gasteiger partial charge is 0.293 e. The molecule has 0 bridgehead atoms. The molecule has 0 saturated heterocycles. The molecule has 0 spiro atoms. The minimum Gasteiger partial charge on any atom is -0.293 e. The highest BCUT2D eigenvalue weighted by atomic mass is 32.2. The lowest BCUT2D eigenvalue weighted by atomic mass is 9.98. The van der Waals surface area contributed by atoms with Crippen LogP contribution in [0.3, 0.4) is 0 Å². The number of hydrogen-bond acceptors (Lipinski definition) is 3. The van der Waals surface area contributed by atoms with E-state index >= 15 is 0 Å². The zero-order valence-electron chi connectivity index (χ0n) is 11.3. The topological polar surface area (TPSA) is 30.0 Å². The molecular formula is C18H13NOS. The van der Waals surface area contributed by atoms with Crippen LogP contribution < -0.4 is 0 Å². The van der Waals surface area contributed by atoms with Crippen LogP contribution in [-0.4, -0.2) is 16.0 Å². The van der Waals surface area contributed by atoms with Crippen molar-refractivity contribution in [1.29, 1.82) is 0 Å². The number of pyridine rings is 1. The zero-order valence-corrected chi connectivity index (χ0v) is 12.1. The van der Waals surface area contributed by atoms with Crippen LogP contribution >= 0.6 is 11.8 Å². The molecule has 0 fully saturated rings. The van der Waals surface area contributed by atoms with Gasteiger partial charge in [0.05, 0.1) is 5.25 Å². The predicted octanol–water partition coefficient (Wildman–Crippen LogP) is 4.13. The summed E-state index contributed by atoms with van der Waals surface area (Å²) in [6.45, 7) is 0. The van der Waals surface area contributed by atoms with E-state index in [1.165, 1.54) is 10.5 Å². The Morgan fingerprint density at radius 3 is 2.90 bits per heavy atom. The van der Waals surface area contributed by atoms with Crippen molar-refractivity contribution in [3.63, 3.8) is 0 Å². The highest BCUT2D eigenvalue weighted by Crippen LogP contribution is 2.38. The monoisotopic (exact) mass is 291 g/mol. The summed E-state index contributed by atoms with van der Waals surface area (Å²) in [4.78, 5) is 18.3. The van der Waals surface area contributed by atoms with Gasteiger partial charge in [0.25, 0.3) is 0 Å². The third-order valence-electron chi connectivity index (χ3n) is 3.89. The molecule has 4 rings (SSSR count). The van der Waals surface area contributed by atoms with Crippen molar-refractivity contribution in [1.82, 2.24) is 4.98 Å². The molecule has 0 aliphatic carbocycles. The second-order valence-electron chi connectivity index (χ2n) is 5.18. The van der Waals surface area contributed by atoms with Crippen LogP contribution in [0.2, 0.25) is 0 Å². The molecule has 1 aromatic heterocycles. The summed E-state index contributed by atoms with van der Waals surface area (Å²) in [5, 5.41) is 1.99. The smallest absolute Gasteiger partial charge is 0.177 e. The van der Waals surface area contributed by atoms with Crippen LogP contribution in [0.25, 0.3) is 10.8 Å². The first-order chi connectivity index (χ1) is 10.3. The van der Waals surface area contributed by atoms with Crippen LogP contribution in [-0.2, 0) is 6.42 Å². The molecule has 0 radical (unpaired) electrons. The van der Waals surface area contributed by atoms with Gasteiger partial charge in [-0.3, -0.25) is 9.78 Å². The third-order valence-corrected chi connectivity index (χ3v) is 5.21. The van der Waals surface area contributed by atoms with E-state index in [0.717, 1.165) is 22.8 Å². The van der Waals surface area contributed by atoms with E-state index in [2.05, 4.69) is 17.1 Å². The maximum atomic E-state index is 12.9. The van der Waals surface area contributed by atoms with Crippen LogP contribution in [0.15, 0.2) is 65.8 Å². The third kappa shape index (κ3) is 2.14. The van der Waals surface area contributed by atoms with Gasteiger partial charge in [0.2, 0.25) is 0 Å². The fraction of sp³-hybridized carbons (Fsp3) is 0.111. The Balaban J connectivity index is 1.72. The molecule has 21 heavy (non-hydrogen) atoms. The summed E-state index contributed by atoms with van der Waals surface area (Å²) in [5.41, 5.74) is 2.06. The van der Waals surface area contributed by atoms with E-state index in [1.54, 1.807) is 24.2 Å². The van der Waals surface area contributed by atoms with Gasteiger partial charge < -0.3 is 0 Å². The lowest BCUT2D eigenvalue weighted by molar-refractivity contribution is 0.0991. The van der Waals surface area contributed by atoms with Crippen molar-refractivity contribution in [2.24, 2.45) is 0 Å². The number of ketones is 1. The van der Waals surface area contributed by atoms with Crippen LogP contribution in [0.4, 0.5) is 0 Å². The normalized spacial score (nSPS) is 16.9. The number of carbonyl (C=O) groups is 1. The molecule has 102 valence electrons. The number of fused-ring (bicyclic) bond motifs is 2. The molecule has 0 N–H and O–H groups in total. The van der Waals surface area contributed by atoms with E-state index in [1.807, 2.05) is 36.4 Å². The van der Waals surface area contributed by atoms with Crippen molar-refractivity contribution in [3.05, 3.63) is 72.1 Å². The number of rotatable bonds is 2. The first-order valence-electron chi connectivity index (χ1n) is 6.94. The summed E-state index contributed by atoms with van der Waals surface area (Å²) < 4.78 is 0. The molecule has 1 unspecified atom stereocenters. The highest BCUT2D eigenvalue weighted by Gasteiger charge is 2.29. The van der Waals surface area contributed by atoms with Gasteiger partial charge in [-0.2, -0.15) is 0 Å². The summed E-state index contributed by atoms with van der Waals surface area (Å²) >= 11 is 1.68. The van der Waals surface area contributed by atoms with Gasteiger partial charge in [-0.05, 0) is 29.5 Å². The first-order valence-corrected chi connectivity index (χ1v) is 7.82. The van der Waals surface area contributed by atoms with E-state index in [9.17, 15) is 4.79 Å². The fourth-order valence-electron chi connectivity index (χ4n) is 2.83. The van der Waals surface area contributed by atoms with Gasteiger partial charge in [0.1, 0.15) is 0 Å². The number of aromatic nitrogens is 1. The van der Waals surface area contributed by atoms with Crippen molar-refractivity contribution < 1.29 is 4.79 Å². The van der Waals surface area contributed by atoms with Crippen molar-refractivity contribution >= 4 is 28.3 Å². The molecule has 1 aliphatic rings. The van der Waals surface area contributed by atoms with Crippen molar-refractivity contribution in [2.45, 2.75) is 16.6 Å². The van der Waals surface area contributed by atoms with E-state index in [0.29, 0.717) is 0 Å². The summed E-state index contributed by atoms with van der Waals surface area (Å²) in [6.07, 6.45) is 4.36. The number of benzene rings is 2. The molecule has 2 nitrogen and oxygen atoms in total.